The van der Waals surface area contributed by atoms with Crippen molar-refractivity contribution in [2.45, 2.75) is 12.8 Å². The fraction of sp³-hybridized carbons (Fsp3) is 0.0476. The van der Waals surface area contributed by atoms with E-state index >= 15 is 0 Å². The van der Waals surface area contributed by atoms with Crippen LogP contribution in [0.15, 0.2) is 152 Å². The molecule has 9 aromatic rings. The molecule has 1 aliphatic carbocycles. The molecule has 0 N–H and O–H groups in total. The summed E-state index contributed by atoms with van der Waals surface area (Å²) in [6.07, 6.45) is 8.86. The summed E-state index contributed by atoms with van der Waals surface area (Å²) in [4.78, 5) is 0. The number of fused-ring (bicyclic) bond motifs is 9. The van der Waals surface area contributed by atoms with Crippen molar-refractivity contribution in [2.75, 3.05) is 0 Å². The molecule has 0 spiro atoms. The molecule has 45 heavy (non-hydrogen) atoms. The lowest BCUT2D eigenvalue weighted by Gasteiger charge is -2.14. The van der Waals surface area contributed by atoms with Crippen molar-refractivity contribution in [3.05, 3.63) is 152 Å². The Balaban J connectivity index is 1.40. The van der Waals surface area contributed by atoms with Gasteiger partial charge in [0.15, 0.2) is 0 Å². The Labute approximate surface area is 260 Å². The Bertz CT molecular complexity index is 2680. The normalized spacial score (nSPS) is 13.6. The molecule has 3 aromatic heterocycles. The van der Waals surface area contributed by atoms with E-state index in [1.165, 1.54) is 82.5 Å². The minimum atomic E-state index is 1.01. The van der Waals surface area contributed by atoms with Gasteiger partial charge in [-0.25, -0.2) is 0 Å². The van der Waals surface area contributed by atoms with Crippen LogP contribution in [-0.4, -0.2) is 13.7 Å². The summed E-state index contributed by atoms with van der Waals surface area (Å²) >= 11 is 0. The van der Waals surface area contributed by atoms with Gasteiger partial charge in [-0.1, -0.05) is 84.9 Å². The van der Waals surface area contributed by atoms with Crippen molar-refractivity contribution in [1.29, 1.82) is 0 Å². The van der Waals surface area contributed by atoms with E-state index in [9.17, 15) is 0 Å². The highest BCUT2D eigenvalue weighted by molar-refractivity contribution is 6.23. The van der Waals surface area contributed by atoms with Crippen molar-refractivity contribution in [3.63, 3.8) is 0 Å². The van der Waals surface area contributed by atoms with Crippen LogP contribution >= 0.6 is 0 Å². The molecule has 0 saturated heterocycles. The highest BCUT2D eigenvalue weighted by atomic mass is 15.0. The van der Waals surface area contributed by atoms with Crippen molar-refractivity contribution in [2.24, 2.45) is 0 Å². The van der Waals surface area contributed by atoms with Crippen molar-refractivity contribution < 1.29 is 0 Å². The quantitative estimate of drug-likeness (QED) is 0.199. The molecule has 1 aliphatic rings. The second-order valence-corrected chi connectivity index (χ2v) is 12.1. The van der Waals surface area contributed by atoms with Crippen molar-refractivity contribution in [1.82, 2.24) is 13.7 Å². The molecule has 0 saturated carbocycles. The Morgan fingerprint density at radius 2 is 0.844 bits per heavy atom. The lowest BCUT2D eigenvalue weighted by Crippen LogP contribution is -1.99. The summed E-state index contributed by atoms with van der Waals surface area (Å²) in [5.74, 6) is 0. The Morgan fingerprint density at radius 3 is 1.44 bits per heavy atom. The molecule has 0 atom stereocenters. The van der Waals surface area contributed by atoms with Gasteiger partial charge in [-0.2, -0.15) is 0 Å². The Hall–Kier alpha value is -5.80. The number of para-hydroxylation sites is 4. The van der Waals surface area contributed by atoms with Gasteiger partial charge in [0.1, 0.15) is 0 Å². The van der Waals surface area contributed by atoms with Crippen LogP contribution in [0.2, 0.25) is 0 Å². The van der Waals surface area contributed by atoms with Gasteiger partial charge in [-0.3, -0.25) is 0 Å². The number of hydrogen-bond donors (Lipinski definition) is 0. The molecule has 0 aliphatic heterocycles. The maximum absolute atomic E-state index is 2.54. The molecule has 3 heterocycles. The first-order valence-electron chi connectivity index (χ1n) is 15.8. The average molecular weight is 576 g/mol. The number of allylic oxidation sites excluding steroid dienone is 4. The zero-order chi connectivity index (χ0) is 29.5. The number of nitrogens with zero attached hydrogens (tertiary/aromatic N) is 3. The van der Waals surface area contributed by atoms with Crippen LogP contribution in [0.25, 0.3) is 82.5 Å². The third-order valence-corrected chi connectivity index (χ3v) is 9.66. The zero-order valence-electron chi connectivity index (χ0n) is 24.7. The summed E-state index contributed by atoms with van der Waals surface area (Å²) < 4.78 is 7.39. The SMILES string of the molecule is C1=CCCC(n2c3cc4c5ccccc5n(-c5ccccc5)c4cc3c3cc4c5ccccc5n(-c5ccccc5)c4cc32)=C1. The largest absolute Gasteiger partial charge is 0.313 e. The number of hydrogen-bond acceptors (Lipinski definition) is 0. The van der Waals surface area contributed by atoms with Gasteiger partial charge in [0.05, 0.1) is 33.1 Å². The van der Waals surface area contributed by atoms with Crippen LogP contribution in [0, 0.1) is 0 Å². The molecule has 3 heteroatoms. The molecular weight excluding hydrogens is 546 g/mol. The van der Waals surface area contributed by atoms with Gasteiger partial charge in [0.25, 0.3) is 0 Å². The second kappa shape index (κ2) is 9.35. The lowest BCUT2D eigenvalue weighted by atomic mass is 10.1. The Morgan fingerprint density at radius 1 is 0.378 bits per heavy atom. The number of rotatable bonds is 3. The van der Waals surface area contributed by atoms with E-state index in [0.717, 1.165) is 12.8 Å². The second-order valence-electron chi connectivity index (χ2n) is 12.1. The predicted molar refractivity (Wildman–Crippen MR) is 191 cm³/mol. The van der Waals surface area contributed by atoms with Crippen LogP contribution in [0.5, 0.6) is 0 Å². The maximum Gasteiger partial charge on any atom is 0.0562 e. The molecule has 3 nitrogen and oxygen atoms in total. The first-order chi connectivity index (χ1) is 22.3. The minimum Gasteiger partial charge on any atom is -0.313 e. The summed E-state index contributed by atoms with van der Waals surface area (Å²) in [6, 6.07) is 48.9. The summed E-state index contributed by atoms with van der Waals surface area (Å²) in [6.45, 7) is 0. The molecule has 0 amide bonds. The van der Waals surface area contributed by atoms with Gasteiger partial charge < -0.3 is 13.7 Å². The smallest absolute Gasteiger partial charge is 0.0562 e. The average Bonchev–Trinajstić information content (AvgIpc) is 3.72. The van der Waals surface area contributed by atoms with Crippen molar-refractivity contribution in [3.8, 4) is 11.4 Å². The first-order valence-corrected chi connectivity index (χ1v) is 15.8. The molecule has 0 fully saturated rings. The summed E-state index contributed by atoms with van der Waals surface area (Å²) in [5, 5.41) is 7.68. The summed E-state index contributed by atoms with van der Waals surface area (Å²) in [5.41, 5.74) is 11.1. The van der Waals surface area contributed by atoms with Gasteiger partial charge in [0, 0.05) is 49.4 Å². The molecule has 10 rings (SSSR count). The standard InChI is InChI=1S/C42H29N3/c1-4-14-28(15-5-1)43-38-23-13-11-21-32(38)35-25-40-36(26-39(35)43)34-24-33-31-20-10-12-22-37(31)44(29-16-6-2-7-17-29)41(33)27-42(34)45(40)30-18-8-3-9-19-30/h1-8,10-18,20-27H,9,19H2. The monoisotopic (exact) mass is 575 g/mol. The van der Waals surface area contributed by atoms with Gasteiger partial charge in [-0.15, -0.1) is 0 Å². The fourth-order valence-electron chi connectivity index (χ4n) is 7.74. The van der Waals surface area contributed by atoms with Crippen LogP contribution < -0.4 is 0 Å². The van der Waals surface area contributed by atoms with E-state index in [-0.39, 0.29) is 0 Å². The molecule has 6 aromatic carbocycles. The molecule has 0 radical (unpaired) electrons. The van der Waals surface area contributed by atoms with Gasteiger partial charge >= 0.3 is 0 Å². The topological polar surface area (TPSA) is 14.8 Å². The Kier molecular flexibility index (Phi) is 5.11. The van der Waals surface area contributed by atoms with Crippen LogP contribution in [-0.2, 0) is 0 Å². The van der Waals surface area contributed by atoms with E-state index in [1.54, 1.807) is 0 Å². The first kappa shape index (κ1) is 24.6. The van der Waals surface area contributed by atoms with Gasteiger partial charge in [0.2, 0.25) is 0 Å². The minimum absolute atomic E-state index is 1.01. The molecular formula is C42H29N3. The third kappa shape index (κ3) is 3.46. The fourth-order valence-corrected chi connectivity index (χ4v) is 7.74. The van der Waals surface area contributed by atoms with Gasteiger partial charge in [-0.05, 0) is 79.6 Å². The van der Waals surface area contributed by atoms with E-state index in [2.05, 4.69) is 165 Å². The van der Waals surface area contributed by atoms with E-state index in [4.69, 9.17) is 0 Å². The van der Waals surface area contributed by atoms with Crippen LogP contribution in [0.3, 0.4) is 0 Å². The highest BCUT2D eigenvalue weighted by Crippen LogP contribution is 2.43. The lowest BCUT2D eigenvalue weighted by molar-refractivity contribution is 0.979. The van der Waals surface area contributed by atoms with Crippen molar-refractivity contribution >= 4 is 71.1 Å². The number of aromatic nitrogens is 3. The third-order valence-electron chi connectivity index (χ3n) is 9.66. The molecule has 0 bridgehead atoms. The predicted octanol–water partition coefficient (Wildman–Crippen LogP) is 11.2. The molecule has 0 unspecified atom stereocenters. The van der Waals surface area contributed by atoms with E-state index < -0.39 is 0 Å². The van der Waals surface area contributed by atoms with Crippen LogP contribution in [0.4, 0.5) is 0 Å². The van der Waals surface area contributed by atoms with E-state index in [1.807, 2.05) is 0 Å². The maximum atomic E-state index is 2.54. The van der Waals surface area contributed by atoms with Crippen LogP contribution in [0.1, 0.15) is 12.8 Å². The molecule has 212 valence electrons. The van der Waals surface area contributed by atoms with E-state index in [0.29, 0.717) is 0 Å². The summed E-state index contributed by atoms with van der Waals surface area (Å²) in [7, 11) is 0. The number of benzene rings is 6. The highest BCUT2D eigenvalue weighted by Gasteiger charge is 2.22. The zero-order valence-corrected chi connectivity index (χ0v) is 24.7.